The summed E-state index contributed by atoms with van der Waals surface area (Å²) in [5, 5.41) is 8.48. The summed E-state index contributed by atoms with van der Waals surface area (Å²) in [6.07, 6.45) is 0. The minimum Gasteiger partial charge on any atom is -0.497 e. The molecule has 2 aromatic carbocycles. The molecule has 0 bridgehead atoms. The fraction of sp³-hybridized carbons (Fsp3) is 0.263. The van der Waals surface area contributed by atoms with Crippen molar-refractivity contribution in [3.05, 3.63) is 47.0 Å². The van der Waals surface area contributed by atoms with Gasteiger partial charge in [-0.15, -0.1) is 0 Å². The topological polar surface area (TPSA) is 80.6 Å². The van der Waals surface area contributed by atoms with E-state index in [9.17, 15) is 9.59 Å². The van der Waals surface area contributed by atoms with Crippen LogP contribution < -0.4 is 13.9 Å². The molecule has 0 fully saturated rings. The molecule has 0 aliphatic heterocycles. The van der Waals surface area contributed by atoms with E-state index < -0.39 is 17.7 Å². The maximum Gasteiger partial charge on any atom is 0.276 e. The fourth-order valence-electron chi connectivity index (χ4n) is 2.30. The quantitative estimate of drug-likeness (QED) is 0.360. The fourth-order valence-corrected chi connectivity index (χ4v) is 2.71. The van der Waals surface area contributed by atoms with Crippen LogP contribution in [0.5, 0.6) is 11.5 Å². The Morgan fingerprint density at radius 2 is 1.68 bits per heavy atom. The number of halogens is 2. The molecule has 0 spiro atoms. The van der Waals surface area contributed by atoms with Crippen LogP contribution in [0.3, 0.4) is 0 Å². The van der Waals surface area contributed by atoms with Gasteiger partial charge < -0.3 is 9.47 Å². The predicted molar refractivity (Wildman–Crippen MR) is 108 cm³/mol. The second-order valence-electron chi connectivity index (χ2n) is 5.85. The molecule has 2 aromatic rings. The van der Waals surface area contributed by atoms with Gasteiger partial charge >= 0.3 is 0 Å². The van der Waals surface area contributed by atoms with Gasteiger partial charge in [-0.1, -0.05) is 11.6 Å². The first-order valence-electron chi connectivity index (χ1n) is 8.17. The molecule has 0 aliphatic rings. The number of nitrogens with zero attached hydrogens (tertiary/aromatic N) is 3. The molecule has 0 saturated heterocycles. The highest BCUT2D eigenvalue weighted by Crippen LogP contribution is 2.30. The van der Waals surface area contributed by atoms with Crippen LogP contribution in [-0.2, 0) is 9.59 Å². The number of benzene rings is 2. The van der Waals surface area contributed by atoms with Gasteiger partial charge in [0, 0.05) is 35.0 Å². The number of ketones is 1. The zero-order valence-electron chi connectivity index (χ0n) is 15.8. The zero-order valence-corrected chi connectivity index (χ0v) is 17.3. The highest BCUT2D eigenvalue weighted by atomic mass is 35.5. The van der Waals surface area contributed by atoms with E-state index in [0.29, 0.717) is 22.2 Å². The summed E-state index contributed by atoms with van der Waals surface area (Å²) in [7, 11) is 2.94. The van der Waals surface area contributed by atoms with E-state index in [-0.39, 0.29) is 5.69 Å². The number of Topliss-reactive ketones (excluding diaryl/α,β-unsaturated/α-hetero) is 1. The molecule has 1 amide bonds. The van der Waals surface area contributed by atoms with Crippen molar-refractivity contribution in [1.29, 1.82) is 0 Å². The summed E-state index contributed by atoms with van der Waals surface area (Å²) in [5.41, 5.74) is 1.52. The van der Waals surface area contributed by atoms with Gasteiger partial charge in [0.1, 0.15) is 11.5 Å². The predicted octanol–water partition coefficient (Wildman–Crippen LogP) is 4.89. The third-order valence-corrected chi connectivity index (χ3v) is 4.41. The number of rotatable bonds is 7. The standard InChI is InChI=1S/C19H19Cl2N3O4/c1-11-7-13(20)5-6-17(11)22-23-18(12(2)25)19(26)24(21)14-8-15(27-3)10-16(9-14)28-4/h5-10,18H,1-4H3. The molecular weight excluding hydrogens is 405 g/mol. The van der Waals surface area contributed by atoms with Crippen molar-refractivity contribution < 1.29 is 19.1 Å². The van der Waals surface area contributed by atoms with E-state index in [0.717, 1.165) is 9.98 Å². The number of anilines is 1. The molecule has 0 aliphatic carbocycles. The Kier molecular flexibility index (Phi) is 7.37. The van der Waals surface area contributed by atoms with Crippen LogP contribution in [0.15, 0.2) is 46.6 Å². The molecule has 0 saturated carbocycles. The van der Waals surface area contributed by atoms with Crippen LogP contribution in [0, 0.1) is 6.92 Å². The number of methoxy groups -OCH3 is 2. The lowest BCUT2D eigenvalue weighted by Crippen LogP contribution is -2.36. The van der Waals surface area contributed by atoms with Gasteiger partial charge in [0.25, 0.3) is 5.91 Å². The van der Waals surface area contributed by atoms with Crippen molar-refractivity contribution >= 4 is 46.4 Å². The maximum atomic E-state index is 12.8. The minimum absolute atomic E-state index is 0.270. The summed E-state index contributed by atoms with van der Waals surface area (Å²) >= 11 is 12.1. The average Bonchev–Trinajstić information content (AvgIpc) is 2.68. The van der Waals surface area contributed by atoms with Gasteiger partial charge in [-0.3, -0.25) is 9.59 Å². The van der Waals surface area contributed by atoms with Crippen LogP contribution in [0.25, 0.3) is 0 Å². The van der Waals surface area contributed by atoms with Gasteiger partial charge in [-0.25, -0.2) is 4.42 Å². The third kappa shape index (κ3) is 5.21. The van der Waals surface area contributed by atoms with Gasteiger partial charge in [-0.05, 0) is 37.6 Å². The summed E-state index contributed by atoms with van der Waals surface area (Å²) in [6.45, 7) is 3.04. The number of carbonyl (C=O) groups excluding carboxylic acids is 2. The monoisotopic (exact) mass is 423 g/mol. The molecular formula is C19H19Cl2N3O4. The third-order valence-electron chi connectivity index (χ3n) is 3.82. The molecule has 1 unspecified atom stereocenters. The number of hydrogen-bond acceptors (Lipinski definition) is 6. The van der Waals surface area contributed by atoms with E-state index in [1.54, 1.807) is 31.2 Å². The second-order valence-corrected chi connectivity index (χ2v) is 6.62. The Balaban J connectivity index is 2.31. The first-order chi connectivity index (χ1) is 13.3. The van der Waals surface area contributed by atoms with Crippen LogP contribution in [0.1, 0.15) is 12.5 Å². The molecule has 7 nitrogen and oxygen atoms in total. The van der Waals surface area contributed by atoms with Gasteiger partial charge in [-0.2, -0.15) is 10.2 Å². The van der Waals surface area contributed by atoms with Crippen molar-refractivity contribution in [3.63, 3.8) is 0 Å². The minimum atomic E-state index is -1.40. The summed E-state index contributed by atoms with van der Waals surface area (Å²) in [4.78, 5) is 24.8. The number of ether oxygens (including phenoxy) is 2. The summed E-state index contributed by atoms with van der Waals surface area (Å²) in [5.74, 6) is -0.378. The molecule has 0 heterocycles. The molecule has 9 heteroatoms. The van der Waals surface area contributed by atoms with E-state index in [1.165, 1.54) is 33.3 Å². The highest BCUT2D eigenvalue weighted by molar-refractivity contribution is 6.39. The lowest BCUT2D eigenvalue weighted by molar-refractivity contribution is -0.126. The lowest BCUT2D eigenvalue weighted by atomic mass is 10.2. The largest absolute Gasteiger partial charge is 0.497 e. The Morgan fingerprint density at radius 1 is 1.07 bits per heavy atom. The first kappa shape index (κ1) is 21.7. The molecule has 1 atom stereocenters. The second kappa shape index (κ2) is 9.52. The average molecular weight is 424 g/mol. The normalized spacial score (nSPS) is 11.9. The highest BCUT2D eigenvalue weighted by Gasteiger charge is 2.29. The Bertz CT molecular complexity index is 896. The van der Waals surface area contributed by atoms with Gasteiger partial charge in [0.2, 0.25) is 6.04 Å². The number of hydrogen-bond donors (Lipinski definition) is 0. The molecule has 148 valence electrons. The number of aryl methyl sites for hydroxylation is 1. The van der Waals surface area contributed by atoms with E-state index in [4.69, 9.17) is 32.9 Å². The van der Waals surface area contributed by atoms with E-state index in [2.05, 4.69) is 10.2 Å². The summed E-state index contributed by atoms with van der Waals surface area (Å²) < 4.78 is 11.1. The van der Waals surface area contributed by atoms with Crippen molar-refractivity contribution in [1.82, 2.24) is 0 Å². The molecule has 0 aromatic heterocycles. The zero-order chi connectivity index (χ0) is 20.8. The Hall–Kier alpha value is -2.64. The van der Waals surface area contributed by atoms with Crippen molar-refractivity contribution in [2.24, 2.45) is 10.2 Å². The maximum absolute atomic E-state index is 12.8. The smallest absolute Gasteiger partial charge is 0.276 e. The van der Waals surface area contributed by atoms with Crippen LogP contribution in [0.2, 0.25) is 5.02 Å². The first-order valence-corrected chi connectivity index (χ1v) is 8.88. The van der Waals surface area contributed by atoms with Crippen LogP contribution in [-0.4, -0.2) is 32.0 Å². The Morgan fingerprint density at radius 3 is 2.18 bits per heavy atom. The van der Waals surface area contributed by atoms with E-state index >= 15 is 0 Å². The van der Waals surface area contributed by atoms with Gasteiger partial charge in [0.05, 0.1) is 25.6 Å². The lowest BCUT2D eigenvalue weighted by Gasteiger charge is -2.18. The number of azo groups is 1. The summed E-state index contributed by atoms with van der Waals surface area (Å²) in [6, 6.07) is 8.29. The van der Waals surface area contributed by atoms with Crippen molar-refractivity contribution in [3.8, 4) is 11.5 Å². The molecule has 0 radical (unpaired) electrons. The SMILES string of the molecule is COc1cc(OC)cc(N(Cl)C(=O)C(N=Nc2ccc(Cl)cc2C)C(C)=O)c1. The molecule has 2 rings (SSSR count). The van der Waals surface area contributed by atoms with Gasteiger partial charge in [0.15, 0.2) is 5.78 Å². The molecule has 0 N–H and O–H groups in total. The van der Waals surface area contributed by atoms with Crippen LogP contribution in [0.4, 0.5) is 11.4 Å². The number of carbonyl (C=O) groups is 2. The molecule has 28 heavy (non-hydrogen) atoms. The van der Waals surface area contributed by atoms with E-state index in [1.807, 2.05) is 0 Å². The van der Waals surface area contributed by atoms with Crippen LogP contribution >= 0.6 is 23.4 Å². The van der Waals surface area contributed by atoms with Crippen molar-refractivity contribution in [2.45, 2.75) is 19.9 Å². The van der Waals surface area contributed by atoms with Crippen molar-refractivity contribution in [2.75, 3.05) is 18.6 Å². The Labute approximate surface area is 173 Å². The number of amides is 1.